The van der Waals surface area contributed by atoms with Crippen molar-refractivity contribution in [2.24, 2.45) is 11.7 Å². The molecule has 1 amide bonds. The Kier molecular flexibility index (Phi) is 4.76. The van der Waals surface area contributed by atoms with E-state index in [1.807, 2.05) is 18.2 Å². The molecule has 1 aromatic carbocycles. The maximum Gasteiger partial charge on any atom is 0.261 e. The van der Waals surface area contributed by atoms with E-state index in [4.69, 9.17) is 10.7 Å². The third-order valence-corrected chi connectivity index (χ3v) is 5.96. The van der Waals surface area contributed by atoms with Crippen LogP contribution in [0, 0.1) is 5.92 Å². The summed E-state index contributed by atoms with van der Waals surface area (Å²) in [6.45, 7) is 1.52. The van der Waals surface area contributed by atoms with Crippen molar-refractivity contribution in [1.29, 1.82) is 0 Å². The lowest BCUT2D eigenvalue weighted by Gasteiger charge is -2.44. The molecule has 4 rings (SSSR count). The number of aromatic nitrogens is 2. The van der Waals surface area contributed by atoms with Gasteiger partial charge < -0.3 is 5.73 Å². The van der Waals surface area contributed by atoms with Crippen LogP contribution in [-0.4, -0.2) is 32.9 Å². The second-order valence-corrected chi connectivity index (χ2v) is 7.63. The van der Waals surface area contributed by atoms with Gasteiger partial charge in [0.2, 0.25) is 5.91 Å². The summed E-state index contributed by atoms with van der Waals surface area (Å²) in [4.78, 5) is 31.7. The predicted molar refractivity (Wildman–Crippen MR) is 101 cm³/mol. The van der Waals surface area contributed by atoms with Crippen molar-refractivity contribution in [2.75, 3.05) is 6.54 Å². The molecule has 1 saturated carbocycles. The Balaban J connectivity index is 1.72. The number of piperidine rings is 1. The van der Waals surface area contributed by atoms with Crippen LogP contribution in [0.4, 0.5) is 0 Å². The molecule has 138 valence electrons. The van der Waals surface area contributed by atoms with E-state index in [-0.39, 0.29) is 12.1 Å². The van der Waals surface area contributed by atoms with Gasteiger partial charge >= 0.3 is 0 Å². The molecule has 2 aromatic rings. The Labute approximate surface area is 153 Å². The minimum atomic E-state index is -0.514. The van der Waals surface area contributed by atoms with Gasteiger partial charge in [0.05, 0.1) is 17.4 Å². The quantitative estimate of drug-likeness (QED) is 0.911. The molecule has 1 aliphatic heterocycles. The molecule has 2 N–H and O–H groups in total. The van der Waals surface area contributed by atoms with E-state index in [1.165, 1.54) is 43.1 Å². The number of nitrogens with two attached hydrogens (primary N) is 1. The van der Waals surface area contributed by atoms with Gasteiger partial charge in [-0.15, -0.1) is 0 Å². The summed E-state index contributed by atoms with van der Waals surface area (Å²) in [6.07, 6.45) is 7.63. The van der Waals surface area contributed by atoms with E-state index in [9.17, 15) is 9.59 Å². The highest BCUT2D eigenvalue weighted by Crippen LogP contribution is 2.35. The minimum absolute atomic E-state index is 0.117. The minimum Gasteiger partial charge on any atom is -0.368 e. The summed E-state index contributed by atoms with van der Waals surface area (Å²) in [5.74, 6) is 0.896. The van der Waals surface area contributed by atoms with Crippen LogP contribution >= 0.6 is 0 Å². The summed E-state index contributed by atoms with van der Waals surface area (Å²) in [5, 5.41) is 0.534. The molecular formula is C20H26N4O2. The van der Waals surface area contributed by atoms with E-state index in [1.54, 1.807) is 6.07 Å². The van der Waals surface area contributed by atoms with Crippen LogP contribution in [0.15, 0.2) is 29.1 Å². The van der Waals surface area contributed by atoms with Crippen molar-refractivity contribution in [1.82, 2.24) is 14.5 Å². The van der Waals surface area contributed by atoms with Gasteiger partial charge in [-0.3, -0.25) is 19.1 Å². The number of amides is 1. The van der Waals surface area contributed by atoms with E-state index >= 15 is 0 Å². The summed E-state index contributed by atoms with van der Waals surface area (Å²) in [7, 11) is 0. The van der Waals surface area contributed by atoms with Crippen LogP contribution in [-0.2, 0) is 17.9 Å². The highest BCUT2D eigenvalue weighted by atomic mass is 16.2. The molecule has 6 nitrogen and oxygen atoms in total. The third kappa shape index (κ3) is 3.26. The first-order valence-corrected chi connectivity index (χ1v) is 9.64. The van der Waals surface area contributed by atoms with Crippen LogP contribution in [0.25, 0.3) is 10.9 Å². The Morgan fingerprint density at radius 1 is 1.15 bits per heavy atom. The summed E-state index contributed by atoms with van der Waals surface area (Å²) < 4.78 is 1.47. The van der Waals surface area contributed by atoms with Gasteiger partial charge in [-0.1, -0.05) is 25.0 Å². The van der Waals surface area contributed by atoms with Gasteiger partial charge in [0.1, 0.15) is 12.4 Å². The first-order valence-electron chi connectivity index (χ1n) is 9.64. The molecular weight excluding hydrogens is 328 g/mol. The Bertz CT molecular complexity index is 874. The third-order valence-electron chi connectivity index (χ3n) is 5.96. The largest absolute Gasteiger partial charge is 0.368 e. The molecule has 2 atom stereocenters. The van der Waals surface area contributed by atoms with Crippen molar-refractivity contribution < 1.29 is 4.79 Å². The van der Waals surface area contributed by atoms with E-state index in [0.717, 1.165) is 12.5 Å². The number of primary amides is 1. The average molecular weight is 354 g/mol. The van der Waals surface area contributed by atoms with E-state index in [0.29, 0.717) is 29.3 Å². The normalized spacial score (nSPS) is 23.7. The number of para-hydroxylation sites is 1. The predicted octanol–water partition coefficient (Wildman–Crippen LogP) is 2.04. The molecule has 0 radical (unpaired) electrons. The molecule has 0 bridgehead atoms. The van der Waals surface area contributed by atoms with Gasteiger partial charge in [-0.25, -0.2) is 4.98 Å². The highest BCUT2D eigenvalue weighted by Gasteiger charge is 2.33. The molecule has 2 fully saturated rings. The van der Waals surface area contributed by atoms with E-state index < -0.39 is 5.91 Å². The number of nitrogens with zero attached hydrogens (tertiary/aromatic N) is 3. The van der Waals surface area contributed by atoms with Crippen LogP contribution in [0.3, 0.4) is 0 Å². The number of carbonyl (C=O) groups excluding carboxylic acids is 1. The zero-order valence-corrected chi connectivity index (χ0v) is 15.1. The van der Waals surface area contributed by atoms with Gasteiger partial charge in [-0.2, -0.15) is 0 Å². The van der Waals surface area contributed by atoms with E-state index in [2.05, 4.69) is 4.90 Å². The van der Waals surface area contributed by atoms with Gasteiger partial charge in [0.25, 0.3) is 5.56 Å². The molecule has 1 saturated heterocycles. The first kappa shape index (κ1) is 17.2. The van der Waals surface area contributed by atoms with Crippen molar-refractivity contribution in [3.05, 3.63) is 40.4 Å². The van der Waals surface area contributed by atoms with Gasteiger partial charge in [-0.05, 0) is 50.3 Å². The SMILES string of the molecule is NC(=O)Cn1c(CN2CCC[C@H]3CCCC[C@@H]32)nc2ccccc2c1=O. The van der Waals surface area contributed by atoms with Crippen molar-refractivity contribution in [2.45, 2.75) is 57.7 Å². The van der Waals surface area contributed by atoms with Crippen molar-refractivity contribution >= 4 is 16.8 Å². The number of carbonyl (C=O) groups is 1. The Morgan fingerprint density at radius 2 is 1.92 bits per heavy atom. The second kappa shape index (κ2) is 7.19. The first-order chi connectivity index (χ1) is 12.6. The fraction of sp³-hybridized carbons (Fsp3) is 0.550. The maximum atomic E-state index is 12.9. The molecule has 2 heterocycles. The Hall–Kier alpha value is -2.21. The van der Waals surface area contributed by atoms with Crippen LogP contribution in [0.2, 0.25) is 0 Å². The van der Waals surface area contributed by atoms with Crippen LogP contribution in [0.1, 0.15) is 44.3 Å². The number of rotatable bonds is 4. The molecule has 2 aliphatic rings. The highest BCUT2D eigenvalue weighted by molar-refractivity contribution is 5.78. The lowest BCUT2D eigenvalue weighted by Crippen LogP contribution is -2.47. The smallest absolute Gasteiger partial charge is 0.261 e. The van der Waals surface area contributed by atoms with Crippen LogP contribution in [0.5, 0.6) is 0 Å². The number of likely N-dealkylation sites (tertiary alicyclic amines) is 1. The van der Waals surface area contributed by atoms with Crippen molar-refractivity contribution in [3.8, 4) is 0 Å². The topological polar surface area (TPSA) is 81.2 Å². The van der Waals surface area contributed by atoms with Crippen molar-refractivity contribution in [3.63, 3.8) is 0 Å². The zero-order chi connectivity index (χ0) is 18.1. The zero-order valence-electron chi connectivity index (χ0n) is 15.1. The molecule has 26 heavy (non-hydrogen) atoms. The Morgan fingerprint density at radius 3 is 2.77 bits per heavy atom. The number of hydrogen-bond acceptors (Lipinski definition) is 4. The fourth-order valence-electron chi connectivity index (χ4n) is 4.76. The maximum absolute atomic E-state index is 12.9. The molecule has 0 unspecified atom stereocenters. The summed E-state index contributed by atoms with van der Waals surface area (Å²) in [6, 6.07) is 7.88. The van der Waals surface area contributed by atoms with Gasteiger partial charge in [0.15, 0.2) is 0 Å². The molecule has 6 heteroatoms. The lowest BCUT2D eigenvalue weighted by molar-refractivity contribution is -0.118. The fourth-order valence-corrected chi connectivity index (χ4v) is 4.76. The number of hydrogen-bond donors (Lipinski definition) is 1. The van der Waals surface area contributed by atoms with Crippen LogP contribution < -0.4 is 11.3 Å². The summed E-state index contributed by atoms with van der Waals surface area (Å²) in [5.41, 5.74) is 5.91. The van der Waals surface area contributed by atoms with Gasteiger partial charge in [0, 0.05) is 6.04 Å². The monoisotopic (exact) mass is 354 g/mol. The molecule has 0 spiro atoms. The molecule has 1 aliphatic carbocycles. The average Bonchev–Trinajstić information content (AvgIpc) is 2.65. The number of benzene rings is 1. The molecule has 1 aromatic heterocycles. The second-order valence-electron chi connectivity index (χ2n) is 7.63. The lowest BCUT2D eigenvalue weighted by atomic mass is 9.78. The summed E-state index contributed by atoms with van der Waals surface area (Å²) >= 11 is 0. The standard InChI is InChI=1S/C20H26N4O2/c21-18(25)12-24-19(22-16-9-3-2-8-15(16)20(24)26)13-23-11-5-7-14-6-1-4-10-17(14)23/h2-3,8-9,14,17H,1,4-7,10-13H2,(H2,21,25)/t14-,17+/m1/s1. The number of fused-ring (bicyclic) bond motifs is 2.